The van der Waals surface area contributed by atoms with Gasteiger partial charge >= 0.3 is 0 Å². The minimum absolute atomic E-state index is 0.104. The van der Waals surface area contributed by atoms with E-state index in [0.29, 0.717) is 5.69 Å². The molecule has 4 atom stereocenters. The van der Waals surface area contributed by atoms with E-state index in [9.17, 15) is 18.8 Å². The van der Waals surface area contributed by atoms with Crippen LogP contribution >= 0.6 is 0 Å². The molecule has 3 amide bonds. The van der Waals surface area contributed by atoms with Crippen LogP contribution < -0.4 is 5.32 Å². The van der Waals surface area contributed by atoms with Gasteiger partial charge in [0.15, 0.2) is 0 Å². The van der Waals surface area contributed by atoms with Crippen LogP contribution in [0.3, 0.4) is 0 Å². The van der Waals surface area contributed by atoms with E-state index in [0.717, 1.165) is 17.7 Å². The molecule has 5 rings (SSSR count). The molecule has 1 N–H and O–H groups in total. The zero-order valence-corrected chi connectivity index (χ0v) is 12.9. The molecule has 3 aliphatic carbocycles. The van der Waals surface area contributed by atoms with E-state index < -0.39 is 11.7 Å². The van der Waals surface area contributed by atoms with Crippen LogP contribution in [-0.2, 0) is 14.4 Å². The van der Waals surface area contributed by atoms with Crippen molar-refractivity contribution < 1.29 is 18.8 Å². The number of hydrogen-bond acceptors (Lipinski definition) is 3. The minimum Gasteiger partial charge on any atom is -0.324 e. The van der Waals surface area contributed by atoms with E-state index in [2.05, 4.69) is 5.32 Å². The maximum absolute atomic E-state index is 13.2. The van der Waals surface area contributed by atoms with Crippen LogP contribution in [0.15, 0.2) is 36.4 Å². The molecule has 0 spiro atoms. The first-order valence-corrected chi connectivity index (χ1v) is 8.13. The summed E-state index contributed by atoms with van der Waals surface area (Å²) in [4.78, 5) is 38.5. The standard InChI is InChI=1S/C18H17FN2O3/c19-12-2-1-3-13(8-12)20-14(22)9-21-17(23)15-10-4-5-11(7-6-10)16(15)18(21)24/h1-5,8,10-11,15-16H,6-7,9H2,(H,20,22). The quantitative estimate of drug-likeness (QED) is 0.681. The molecule has 1 aliphatic heterocycles. The molecule has 1 aromatic rings. The van der Waals surface area contributed by atoms with Gasteiger partial charge in [-0.1, -0.05) is 18.2 Å². The first-order valence-electron chi connectivity index (χ1n) is 8.13. The summed E-state index contributed by atoms with van der Waals surface area (Å²) in [6, 6.07) is 5.50. The number of imide groups is 1. The van der Waals surface area contributed by atoms with Crippen molar-refractivity contribution in [3.8, 4) is 0 Å². The number of carbonyl (C=O) groups excluding carboxylic acids is 3. The van der Waals surface area contributed by atoms with E-state index in [1.807, 2.05) is 12.2 Å². The molecule has 4 unspecified atom stereocenters. The number of carbonyl (C=O) groups is 3. The van der Waals surface area contributed by atoms with Crippen molar-refractivity contribution in [2.24, 2.45) is 23.7 Å². The molecule has 1 saturated heterocycles. The number of benzene rings is 1. The predicted octanol–water partition coefficient (Wildman–Crippen LogP) is 1.96. The fourth-order valence-electron chi connectivity index (χ4n) is 4.20. The topological polar surface area (TPSA) is 66.5 Å². The number of likely N-dealkylation sites (tertiary alicyclic amines) is 1. The van der Waals surface area contributed by atoms with Crippen molar-refractivity contribution in [1.29, 1.82) is 0 Å². The molecule has 0 radical (unpaired) electrons. The van der Waals surface area contributed by atoms with Crippen molar-refractivity contribution in [1.82, 2.24) is 4.90 Å². The number of nitrogens with zero attached hydrogens (tertiary/aromatic N) is 1. The smallest absolute Gasteiger partial charge is 0.244 e. The summed E-state index contributed by atoms with van der Waals surface area (Å²) in [7, 11) is 0. The molecule has 1 heterocycles. The van der Waals surface area contributed by atoms with Gasteiger partial charge in [-0.15, -0.1) is 0 Å². The summed E-state index contributed by atoms with van der Waals surface area (Å²) < 4.78 is 13.2. The molecule has 2 fully saturated rings. The first kappa shape index (κ1) is 15.1. The molecule has 0 aromatic heterocycles. The molecule has 1 saturated carbocycles. The average Bonchev–Trinajstić information content (AvgIpc) is 2.83. The summed E-state index contributed by atoms with van der Waals surface area (Å²) in [6.45, 7) is -0.319. The summed E-state index contributed by atoms with van der Waals surface area (Å²) in [5.41, 5.74) is 0.304. The molecule has 4 aliphatic rings. The molecular weight excluding hydrogens is 311 g/mol. The second kappa shape index (κ2) is 5.54. The number of anilines is 1. The van der Waals surface area contributed by atoms with Crippen LogP contribution in [-0.4, -0.2) is 29.2 Å². The van der Waals surface area contributed by atoms with Crippen LogP contribution in [0.5, 0.6) is 0 Å². The van der Waals surface area contributed by atoms with Gasteiger partial charge in [-0.2, -0.15) is 0 Å². The highest BCUT2D eigenvalue weighted by Gasteiger charge is 2.56. The zero-order chi connectivity index (χ0) is 16.8. The third-order valence-electron chi connectivity index (χ3n) is 5.26. The van der Waals surface area contributed by atoms with E-state index >= 15 is 0 Å². The second-order valence-corrected chi connectivity index (χ2v) is 6.66. The molecule has 24 heavy (non-hydrogen) atoms. The number of fused-ring (bicyclic) bond motifs is 1. The molecule has 2 bridgehead atoms. The molecule has 1 aromatic carbocycles. The average molecular weight is 328 g/mol. The molecule has 124 valence electrons. The Morgan fingerprint density at radius 2 is 1.75 bits per heavy atom. The molecular formula is C18H17FN2O3. The lowest BCUT2D eigenvalue weighted by atomic mass is 9.63. The maximum Gasteiger partial charge on any atom is 0.244 e. The Morgan fingerprint density at radius 1 is 1.12 bits per heavy atom. The highest BCUT2D eigenvalue weighted by Crippen LogP contribution is 2.49. The van der Waals surface area contributed by atoms with Gasteiger partial charge in [-0.05, 0) is 42.9 Å². The van der Waals surface area contributed by atoms with Crippen LogP contribution in [0.1, 0.15) is 12.8 Å². The minimum atomic E-state index is -0.499. The second-order valence-electron chi connectivity index (χ2n) is 6.66. The van der Waals surface area contributed by atoms with Gasteiger partial charge in [-0.3, -0.25) is 19.3 Å². The van der Waals surface area contributed by atoms with Gasteiger partial charge in [0.05, 0.1) is 11.8 Å². The van der Waals surface area contributed by atoms with Gasteiger partial charge in [0.25, 0.3) is 0 Å². The Labute approximate surface area is 138 Å². The Kier molecular flexibility index (Phi) is 3.48. The number of rotatable bonds is 3. The summed E-state index contributed by atoms with van der Waals surface area (Å²) >= 11 is 0. The van der Waals surface area contributed by atoms with Gasteiger partial charge in [0.1, 0.15) is 12.4 Å². The number of halogens is 1. The highest BCUT2D eigenvalue weighted by molar-refractivity contribution is 6.09. The van der Waals surface area contributed by atoms with E-state index in [1.54, 1.807) is 6.07 Å². The Hall–Kier alpha value is -2.50. The summed E-state index contributed by atoms with van der Waals surface area (Å²) in [5, 5.41) is 2.53. The van der Waals surface area contributed by atoms with E-state index in [4.69, 9.17) is 0 Å². The Bertz CT molecular complexity index is 728. The lowest BCUT2D eigenvalue weighted by Gasteiger charge is -2.38. The lowest BCUT2D eigenvalue weighted by Crippen LogP contribution is -2.38. The monoisotopic (exact) mass is 328 g/mol. The normalized spacial score (nSPS) is 30.6. The highest BCUT2D eigenvalue weighted by atomic mass is 19.1. The van der Waals surface area contributed by atoms with Crippen molar-refractivity contribution in [3.05, 3.63) is 42.2 Å². The lowest BCUT2D eigenvalue weighted by molar-refractivity contribution is -0.142. The third kappa shape index (κ3) is 2.33. The largest absolute Gasteiger partial charge is 0.324 e. The maximum atomic E-state index is 13.2. The van der Waals surface area contributed by atoms with Gasteiger partial charge < -0.3 is 5.32 Å². The van der Waals surface area contributed by atoms with Gasteiger partial charge in [-0.25, -0.2) is 4.39 Å². The van der Waals surface area contributed by atoms with E-state index in [-0.39, 0.29) is 42.0 Å². The predicted molar refractivity (Wildman–Crippen MR) is 84.1 cm³/mol. The van der Waals surface area contributed by atoms with Crippen molar-refractivity contribution >= 4 is 23.4 Å². The van der Waals surface area contributed by atoms with Gasteiger partial charge in [0.2, 0.25) is 17.7 Å². The summed E-state index contributed by atoms with van der Waals surface area (Å²) in [5.74, 6) is -1.89. The van der Waals surface area contributed by atoms with Crippen LogP contribution in [0, 0.1) is 29.5 Å². The fourth-order valence-corrected chi connectivity index (χ4v) is 4.20. The Balaban J connectivity index is 1.48. The zero-order valence-electron chi connectivity index (χ0n) is 12.9. The number of allylic oxidation sites excluding steroid dienone is 2. The van der Waals surface area contributed by atoms with E-state index in [1.165, 1.54) is 18.2 Å². The fraction of sp³-hybridized carbons (Fsp3) is 0.389. The van der Waals surface area contributed by atoms with Crippen LogP contribution in [0.4, 0.5) is 10.1 Å². The molecule has 6 heteroatoms. The SMILES string of the molecule is O=C(CN1C(=O)C2C3C=CC(CC3)C2C1=O)Nc1cccc(F)c1. The van der Waals surface area contributed by atoms with Gasteiger partial charge in [0, 0.05) is 5.69 Å². The van der Waals surface area contributed by atoms with Crippen molar-refractivity contribution in [2.75, 3.05) is 11.9 Å². The number of hydrogen-bond donors (Lipinski definition) is 1. The summed E-state index contributed by atoms with van der Waals surface area (Å²) in [6.07, 6.45) is 5.92. The number of amides is 3. The number of nitrogens with one attached hydrogen (secondary N) is 1. The third-order valence-corrected chi connectivity index (χ3v) is 5.26. The molecule has 5 nitrogen and oxygen atoms in total. The van der Waals surface area contributed by atoms with Crippen LogP contribution in [0.25, 0.3) is 0 Å². The Morgan fingerprint density at radius 3 is 2.29 bits per heavy atom. The van der Waals surface area contributed by atoms with Crippen molar-refractivity contribution in [3.63, 3.8) is 0 Å². The first-order chi connectivity index (χ1) is 11.5. The van der Waals surface area contributed by atoms with Crippen LogP contribution in [0.2, 0.25) is 0 Å². The van der Waals surface area contributed by atoms with Crippen molar-refractivity contribution in [2.45, 2.75) is 12.8 Å².